The Bertz CT molecular complexity index is 263. The van der Waals surface area contributed by atoms with Gasteiger partial charge in [0.25, 0.3) is 0 Å². The van der Waals surface area contributed by atoms with Gasteiger partial charge >= 0.3 is 0 Å². The lowest BCUT2D eigenvalue weighted by molar-refractivity contribution is 0.123. The summed E-state index contributed by atoms with van der Waals surface area (Å²) in [5.41, 5.74) is 12.2. The van der Waals surface area contributed by atoms with Gasteiger partial charge in [0, 0.05) is 6.04 Å². The quantitative estimate of drug-likeness (QED) is 0.658. The van der Waals surface area contributed by atoms with Gasteiger partial charge < -0.3 is 16.6 Å². The van der Waals surface area contributed by atoms with Gasteiger partial charge in [-0.15, -0.1) is 0 Å². The third-order valence-corrected chi connectivity index (χ3v) is 2.53. The van der Waals surface area contributed by atoms with Crippen LogP contribution in [0, 0.1) is 5.92 Å². The maximum Gasteiger partial charge on any atom is 0.0943 e. The van der Waals surface area contributed by atoms with E-state index in [0.29, 0.717) is 6.54 Å². The zero-order valence-corrected chi connectivity index (χ0v) is 8.43. The molecule has 1 aromatic carbocycles. The maximum absolute atomic E-state index is 9.91. The Morgan fingerprint density at radius 1 is 1.29 bits per heavy atom. The molecule has 0 heterocycles. The molecular formula is C11H18N2O. The molecule has 0 bridgehead atoms. The van der Waals surface area contributed by atoms with Crippen LogP contribution in [0.25, 0.3) is 0 Å². The topological polar surface area (TPSA) is 72.3 Å². The minimum absolute atomic E-state index is 0.116. The molecule has 0 spiro atoms. The summed E-state index contributed by atoms with van der Waals surface area (Å²) in [6.07, 6.45) is -0.630. The number of hydrogen-bond acceptors (Lipinski definition) is 3. The molecule has 0 aliphatic heterocycles. The second-order valence-electron chi connectivity index (χ2n) is 3.65. The van der Waals surface area contributed by atoms with E-state index in [9.17, 15) is 5.11 Å². The van der Waals surface area contributed by atoms with E-state index in [1.54, 1.807) is 0 Å². The zero-order valence-electron chi connectivity index (χ0n) is 8.43. The number of aliphatic hydroxyl groups excluding tert-OH is 1. The SMILES string of the molecule is CC(CN)C(N)C(O)c1ccccc1. The number of benzene rings is 1. The first-order valence-corrected chi connectivity index (χ1v) is 4.85. The monoisotopic (exact) mass is 194 g/mol. The molecule has 3 nitrogen and oxygen atoms in total. The van der Waals surface area contributed by atoms with Crippen molar-refractivity contribution in [3.05, 3.63) is 35.9 Å². The van der Waals surface area contributed by atoms with Crippen molar-refractivity contribution in [1.82, 2.24) is 0 Å². The largest absolute Gasteiger partial charge is 0.387 e. The van der Waals surface area contributed by atoms with E-state index < -0.39 is 6.10 Å². The molecule has 0 saturated heterocycles. The minimum atomic E-state index is -0.630. The van der Waals surface area contributed by atoms with E-state index in [-0.39, 0.29) is 12.0 Å². The lowest BCUT2D eigenvalue weighted by Crippen LogP contribution is -2.38. The standard InChI is InChI=1S/C11H18N2O/c1-8(7-12)10(13)11(14)9-5-3-2-4-6-9/h2-6,8,10-11,14H,7,12-13H2,1H3. The number of nitrogens with two attached hydrogens (primary N) is 2. The van der Waals surface area contributed by atoms with E-state index in [4.69, 9.17) is 11.5 Å². The Kier molecular flexibility index (Phi) is 4.07. The Morgan fingerprint density at radius 3 is 2.36 bits per heavy atom. The zero-order chi connectivity index (χ0) is 10.6. The lowest BCUT2D eigenvalue weighted by atomic mass is 9.93. The molecule has 0 aromatic heterocycles. The summed E-state index contributed by atoms with van der Waals surface area (Å²) >= 11 is 0. The normalized spacial score (nSPS) is 17.4. The van der Waals surface area contributed by atoms with Crippen molar-refractivity contribution in [2.75, 3.05) is 6.54 Å². The van der Waals surface area contributed by atoms with Crippen molar-refractivity contribution in [1.29, 1.82) is 0 Å². The predicted octanol–water partition coefficient (Wildman–Crippen LogP) is 0.642. The molecule has 0 amide bonds. The van der Waals surface area contributed by atoms with Gasteiger partial charge in [-0.3, -0.25) is 0 Å². The van der Waals surface area contributed by atoms with E-state index in [0.717, 1.165) is 5.56 Å². The third-order valence-electron chi connectivity index (χ3n) is 2.53. The summed E-state index contributed by atoms with van der Waals surface area (Å²) in [6, 6.07) is 9.12. The van der Waals surface area contributed by atoms with Crippen LogP contribution < -0.4 is 11.5 Å². The fraction of sp³-hybridized carbons (Fsp3) is 0.455. The summed E-state index contributed by atoms with van der Waals surface area (Å²) in [7, 11) is 0. The smallest absolute Gasteiger partial charge is 0.0943 e. The van der Waals surface area contributed by atoms with Crippen LogP contribution in [-0.2, 0) is 0 Å². The summed E-state index contributed by atoms with van der Waals surface area (Å²) in [4.78, 5) is 0. The van der Waals surface area contributed by atoms with E-state index in [1.807, 2.05) is 37.3 Å². The van der Waals surface area contributed by atoms with Gasteiger partial charge in [0.2, 0.25) is 0 Å². The maximum atomic E-state index is 9.91. The summed E-state index contributed by atoms with van der Waals surface area (Å²) in [5, 5.41) is 9.91. The highest BCUT2D eigenvalue weighted by molar-refractivity contribution is 5.18. The van der Waals surface area contributed by atoms with Gasteiger partial charge in [-0.25, -0.2) is 0 Å². The molecule has 0 saturated carbocycles. The van der Waals surface area contributed by atoms with Gasteiger partial charge in [0.15, 0.2) is 0 Å². The van der Waals surface area contributed by atoms with Crippen molar-refractivity contribution in [2.45, 2.75) is 19.1 Å². The van der Waals surface area contributed by atoms with Gasteiger partial charge in [0.1, 0.15) is 0 Å². The van der Waals surface area contributed by atoms with Gasteiger partial charge in [-0.1, -0.05) is 37.3 Å². The fourth-order valence-electron chi connectivity index (χ4n) is 1.34. The van der Waals surface area contributed by atoms with Crippen molar-refractivity contribution < 1.29 is 5.11 Å². The number of hydrogen-bond donors (Lipinski definition) is 3. The van der Waals surface area contributed by atoms with Gasteiger partial charge in [-0.2, -0.15) is 0 Å². The molecule has 3 unspecified atom stereocenters. The molecule has 14 heavy (non-hydrogen) atoms. The average molecular weight is 194 g/mol. The number of aliphatic hydroxyl groups is 1. The molecule has 5 N–H and O–H groups in total. The highest BCUT2D eigenvalue weighted by Crippen LogP contribution is 2.19. The van der Waals surface area contributed by atoms with Gasteiger partial charge in [0.05, 0.1) is 6.10 Å². The summed E-state index contributed by atoms with van der Waals surface area (Å²) in [6.45, 7) is 2.43. The van der Waals surface area contributed by atoms with Crippen LogP contribution in [0.2, 0.25) is 0 Å². The second kappa shape index (κ2) is 5.10. The van der Waals surface area contributed by atoms with Crippen molar-refractivity contribution >= 4 is 0 Å². The molecule has 0 aliphatic carbocycles. The molecule has 1 aromatic rings. The van der Waals surface area contributed by atoms with Crippen LogP contribution in [0.3, 0.4) is 0 Å². The molecule has 3 atom stereocenters. The molecule has 0 aliphatic rings. The highest BCUT2D eigenvalue weighted by atomic mass is 16.3. The van der Waals surface area contributed by atoms with E-state index in [2.05, 4.69) is 0 Å². The van der Waals surface area contributed by atoms with Crippen LogP contribution in [0.4, 0.5) is 0 Å². The Balaban J connectivity index is 2.70. The second-order valence-corrected chi connectivity index (χ2v) is 3.65. The fourth-order valence-corrected chi connectivity index (χ4v) is 1.34. The van der Waals surface area contributed by atoms with Crippen molar-refractivity contribution in [3.63, 3.8) is 0 Å². The lowest BCUT2D eigenvalue weighted by Gasteiger charge is -2.24. The van der Waals surface area contributed by atoms with Crippen LogP contribution >= 0.6 is 0 Å². The van der Waals surface area contributed by atoms with Crippen LogP contribution in [0.1, 0.15) is 18.6 Å². The van der Waals surface area contributed by atoms with Crippen LogP contribution in [0.15, 0.2) is 30.3 Å². The Hall–Kier alpha value is -0.900. The average Bonchev–Trinajstić information content (AvgIpc) is 2.27. The van der Waals surface area contributed by atoms with E-state index in [1.165, 1.54) is 0 Å². The Labute approximate surface area is 84.7 Å². The molecule has 3 heteroatoms. The molecular weight excluding hydrogens is 176 g/mol. The number of rotatable bonds is 4. The van der Waals surface area contributed by atoms with Crippen molar-refractivity contribution in [2.24, 2.45) is 17.4 Å². The van der Waals surface area contributed by atoms with E-state index >= 15 is 0 Å². The molecule has 78 valence electrons. The first-order valence-electron chi connectivity index (χ1n) is 4.85. The molecule has 0 radical (unpaired) electrons. The highest BCUT2D eigenvalue weighted by Gasteiger charge is 2.21. The molecule has 0 fully saturated rings. The van der Waals surface area contributed by atoms with Crippen LogP contribution in [-0.4, -0.2) is 17.7 Å². The third kappa shape index (κ3) is 2.54. The molecule has 1 rings (SSSR count). The summed E-state index contributed by atoms with van der Waals surface area (Å²) in [5.74, 6) is 0.116. The first-order chi connectivity index (χ1) is 6.66. The van der Waals surface area contributed by atoms with Gasteiger partial charge in [-0.05, 0) is 18.0 Å². The summed E-state index contributed by atoms with van der Waals surface area (Å²) < 4.78 is 0. The van der Waals surface area contributed by atoms with Crippen LogP contribution in [0.5, 0.6) is 0 Å². The Morgan fingerprint density at radius 2 is 1.86 bits per heavy atom. The van der Waals surface area contributed by atoms with Crippen molar-refractivity contribution in [3.8, 4) is 0 Å². The minimum Gasteiger partial charge on any atom is -0.387 e. The predicted molar refractivity (Wildman–Crippen MR) is 57.6 cm³/mol. The first kappa shape index (κ1) is 11.2.